The summed E-state index contributed by atoms with van der Waals surface area (Å²) >= 11 is 0. The van der Waals surface area contributed by atoms with Gasteiger partial charge in [-0.25, -0.2) is 0 Å². The Hall–Kier alpha value is -1.12. The highest BCUT2D eigenvalue weighted by molar-refractivity contribution is 5.78. The summed E-state index contributed by atoms with van der Waals surface area (Å²) in [6.45, 7) is 2.97. The zero-order chi connectivity index (χ0) is 13.8. The van der Waals surface area contributed by atoms with Crippen molar-refractivity contribution in [3.63, 3.8) is 0 Å². The number of amides is 1. The summed E-state index contributed by atoms with van der Waals surface area (Å²) in [4.78, 5) is 15.9. The number of likely N-dealkylation sites (N-methyl/N-ethyl adjacent to an activating group) is 1. The number of carbonyl (C=O) groups excluding carboxylic acids is 1. The van der Waals surface area contributed by atoms with E-state index in [2.05, 4.69) is 11.0 Å². The highest BCUT2D eigenvalue weighted by atomic mass is 16.2. The molecule has 1 heterocycles. The third kappa shape index (κ3) is 3.46. The van der Waals surface area contributed by atoms with Crippen molar-refractivity contribution in [3.05, 3.63) is 0 Å². The summed E-state index contributed by atoms with van der Waals surface area (Å²) in [6.07, 6.45) is 4.02. The van der Waals surface area contributed by atoms with Crippen molar-refractivity contribution >= 4 is 5.91 Å². The van der Waals surface area contributed by atoms with Crippen molar-refractivity contribution in [3.8, 4) is 6.07 Å². The van der Waals surface area contributed by atoms with Crippen LogP contribution in [-0.4, -0.2) is 55.0 Å². The maximum atomic E-state index is 12.0. The molecule has 5 heteroatoms. The second kappa shape index (κ2) is 6.36. The molecule has 2 aliphatic rings. The Morgan fingerprint density at radius 2 is 2.26 bits per heavy atom. The lowest BCUT2D eigenvalue weighted by atomic mass is 9.78. The first-order valence-electron chi connectivity index (χ1n) is 7.20. The Kier molecular flexibility index (Phi) is 4.78. The predicted octanol–water partition coefficient (Wildman–Crippen LogP) is 0.418. The number of carbonyl (C=O) groups is 1. The fourth-order valence-corrected chi connectivity index (χ4v) is 3.39. The summed E-state index contributed by atoms with van der Waals surface area (Å²) in [5.41, 5.74) is 6.18. The Balaban J connectivity index is 1.81. The quantitative estimate of drug-likeness (QED) is 0.798. The molecule has 2 rings (SSSR count). The zero-order valence-electron chi connectivity index (χ0n) is 11.7. The number of nitriles is 1. The molecule has 1 aliphatic heterocycles. The van der Waals surface area contributed by atoms with E-state index in [4.69, 9.17) is 11.0 Å². The molecule has 19 heavy (non-hydrogen) atoms. The van der Waals surface area contributed by atoms with Crippen molar-refractivity contribution < 1.29 is 4.79 Å². The van der Waals surface area contributed by atoms with Crippen LogP contribution in [0.1, 0.15) is 25.7 Å². The molecule has 2 N–H and O–H groups in total. The van der Waals surface area contributed by atoms with Crippen molar-refractivity contribution in [1.82, 2.24) is 9.80 Å². The Morgan fingerprint density at radius 3 is 2.95 bits per heavy atom. The Bertz CT molecular complexity index is 365. The van der Waals surface area contributed by atoms with Crippen molar-refractivity contribution in [1.29, 1.82) is 5.26 Å². The van der Waals surface area contributed by atoms with Gasteiger partial charge in [0, 0.05) is 32.7 Å². The van der Waals surface area contributed by atoms with E-state index >= 15 is 0 Å². The van der Waals surface area contributed by atoms with E-state index in [1.807, 2.05) is 0 Å². The van der Waals surface area contributed by atoms with Gasteiger partial charge in [-0.15, -0.1) is 0 Å². The Morgan fingerprint density at radius 1 is 1.47 bits per heavy atom. The van der Waals surface area contributed by atoms with Crippen LogP contribution in [0.2, 0.25) is 0 Å². The van der Waals surface area contributed by atoms with Gasteiger partial charge in [-0.1, -0.05) is 6.42 Å². The van der Waals surface area contributed by atoms with Crippen LogP contribution in [-0.2, 0) is 4.79 Å². The van der Waals surface area contributed by atoms with Crippen LogP contribution in [0.25, 0.3) is 0 Å². The molecule has 0 aromatic carbocycles. The van der Waals surface area contributed by atoms with Gasteiger partial charge in [0.25, 0.3) is 0 Å². The van der Waals surface area contributed by atoms with E-state index < -0.39 is 0 Å². The molecule has 1 saturated heterocycles. The lowest BCUT2D eigenvalue weighted by Crippen LogP contribution is -2.39. The van der Waals surface area contributed by atoms with Gasteiger partial charge in [-0.2, -0.15) is 5.26 Å². The Labute approximate surface area is 115 Å². The lowest BCUT2D eigenvalue weighted by Gasteiger charge is -2.29. The monoisotopic (exact) mass is 264 g/mol. The number of hydrogen-bond donors (Lipinski definition) is 1. The molecule has 2 fully saturated rings. The van der Waals surface area contributed by atoms with Crippen molar-refractivity contribution in [2.75, 3.05) is 33.2 Å². The van der Waals surface area contributed by atoms with Crippen LogP contribution >= 0.6 is 0 Å². The van der Waals surface area contributed by atoms with E-state index in [1.165, 1.54) is 12.8 Å². The maximum absolute atomic E-state index is 12.0. The van der Waals surface area contributed by atoms with Crippen LogP contribution in [0.15, 0.2) is 0 Å². The number of hydrogen-bond acceptors (Lipinski definition) is 4. The summed E-state index contributed by atoms with van der Waals surface area (Å²) in [5, 5.41) is 8.54. The SMILES string of the molecule is CN(CCC#N)C(=O)CN1CC2CCCC(N)C2C1. The molecule has 1 amide bonds. The largest absolute Gasteiger partial charge is 0.344 e. The number of fused-ring (bicyclic) bond motifs is 1. The standard InChI is InChI=1S/C14H24N4O/c1-17(7-3-6-15)14(19)10-18-8-11-4-2-5-13(16)12(11)9-18/h11-13H,2-5,7-10,16H2,1H3. The number of nitrogens with two attached hydrogens (primary N) is 1. The fourth-order valence-electron chi connectivity index (χ4n) is 3.39. The van der Waals surface area contributed by atoms with Gasteiger partial charge < -0.3 is 10.6 Å². The van der Waals surface area contributed by atoms with E-state index in [0.29, 0.717) is 37.4 Å². The molecule has 0 aromatic heterocycles. The van der Waals surface area contributed by atoms with E-state index in [1.54, 1.807) is 11.9 Å². The predicted molar refractivity (Wildman–Crippen MR) is 73.1 cm³/mol. The highest BCUT2D eigenvalue weighted by Crippen LogP contribution is 2.35. The molecule has 0 radical (unpaired) electrons. The van der Waals surface area contributed by atoms with Crippen LogP contribution < -0.4 is 5.73 Å². The minimum atomic E-state index is 0.113. The molecule has 5 nitrogen and oxygen atoms in total. The summed E-state index contributed by atoms with van der Waals surface area (Å²) < 4.78 is 0. The van der Waals surface area contributed by atoms with Gasteiger partial charge in [0.05, 0.1) is 19.0 Å². The number of rotatable bonds is 4. The minimum Gasteiger partial charge on any atom is -0.344 e. The topological polar surface area (TPSA) is 73.4 Å². The third-order valence-corrected chi connectivity index (χ3v) is 4.57. The second-order valence-electron chi connectivity index (χ2n) is 5.94. The molecule has 0 spiro atoms. The molecule has 1 saturated carbocycles. The number of nitrogens with zero attached hydrogens (tertiary/aromatic N) is 3. The average Bonchev–Trinajstić information content (AvgIpc) is 2.79. The molecular formula is C14H24N4O. The zero-order valence-corrected chi connectivity index (χ0v) is 11.7. The normalized spacial score (nSPS) is 30.7. The van der Waals surface area contributed by atoms with Gasteiger partial charge in [-0.3, -0.25) is 9.69 Å². The number of likely N-dealkylation sites (tertiary alicyclic amines) is 1. The molecule has 0 aromatic rings. The highest BCUT2D eigenvalue weighted by Gasteiger charge is 2.39. The van der Waals surface area contributed by atoms with Crippen molar-refractivity contribution in [2.45, 2.75) is 31.7 Å². The van der Waals surface area contributed by atoms with Gasteiger partial charge in [-0.05, 0) is 24.7 Å². The first kappa shape index (κ1) is 14.3. The summed E-state index contributed by atoms with van der Waals surface area (Å²) in [5.74, 6) is 1.37. The van der Waals surface area contributed by atoms with Crippen LogP contribution in [0.3, 0.4) is 0 Å². The first-order chi connectivity index (χ1) is 9.11. The molecule has 3 atom stereocenters. The maximum Gasteiger partial charge on any atom is 0.236 e. The second-order valence-corrected chi connectivity index (χ2v) is 5.94. The summed E-state index contributed by atoms with van der Waals surface area (Å²) in [7, 11) is 1.77. The van der Waals surface area contributed by atoms with Gasteiger partial charge in [0.2, 0.25) is 5.91 Å². The van der Waals surface area contributed by atoms with E-state index in [9.17, 15) is 4.79 Å². The molecule has 0 bridgehead atoms. The van der Waals surface area contributed by atoms with E-state index in [0.717, 1.165) is 19.5 Å². The first-order valence-corrected chi connectivity index (χ1v) is 7.20. The van der Waals surface area contributed by atoms with Gasteiger partial charge >= 0.3 is 0 Å². The van der Waals surface area contributed by atoms with Gasteiger partial charge in [0.15, 0.2) is 0 Å². The smallest absolute Gasteiger partial charge is 0.236 e. The average molecular weight is 264 g/mol. The van der Waals surface area contributed by atoms with E-state index in [-0.39, 0.29) is 5.91 Å². The van der Waals surface area contributed by atoms with Gasteiger partial charge in [0.1, 0.15) is 0 Å². The molecular weight excluding hydrogens is 240 g/mol. The van der Waals surface area contributed by atoms with Crippen molar-refractivity contribution in [2.24, 2.45) is 17.6 Å². The fraction of sp³-hybridized carbons (Fsp3) is 0.857. The molecule has 1 aliphatic carbocycles. The minimum absolute atomic E-state index is 0.113. The van der Waals surface area contributed by atoms with Crippen LogP contribution in [0.4, 0.5) is 0 Å². The summed E-state index contributed by atoms with van der Waals surface area (Å²) in [6, 6.07) is 2.38. The van der Waals surface area contributed by atoms with Crippen LogP contribution in [0.5, 0.6) is 0 Å². The molecule has 106 valence electrons. The third-order valence-electron chi connectivity index (χ3n) is 4.57. The van der Waals surface area contributed by atoms with Crippen LogP contribution in [0, 0.1) is 23.2 Å². The lowest BCUT2D eigenvalue weighted by molar-refractivity contribution is -0.130. The molecule has 3 unspecified atom stereocenters.